The van der Waals surface area contributed by atoms with E-state index in [-0.39, 0.29) is 0 Å². The van der Waals surface area contributed by atoms with Crippen molar-refractivity contribution in [2.24, 2.45) is 0 Å². The van der Waals surface area contributed by atoms with Crippen LogP contribution >= 0.6 is 0 Å². The SMILES string of the molecule is Nc1nc2c(c(-c3ccc(Cn4ccnn4)cc3)n1)CCNC2. The van der Waals surface area contributed by atoms with E-state index in [1.165, 1.54) is 5.56 Å². The lowest BCUT2D eigenvalue weighted by Gasteiger charge is -2.19. The van der Waals surface area contributed by atoms with E-state index in [4.69, 9.17) is 5.73 Å². The number of benzene rings is 1. The van der Waals surface area contributed by atoms with Gasteiger partial charge in [0.05, 0.1) is 24.1 Å². The molecular formula is C16H17N7. The van der Waals surface area contributed by atoms with Crippen molar-refractivity contribution in [1.82, 2.24) is 30.3 Å². The van der Waals surface area contributed by atoms with E-state index < -0.39 is 0 Å². The van der Waals surface area contributed by atoms with Crippen LogP contribution in [0.25, 0.3) is 11.3 Å². The summed E-state index contributed by atoms with van der Waals surface area (Å²) < 4.78 is 1.80. The summed E-state index contributed by atoms with van der Waals surface area (Å²) in [6.45, 7) is 2.39. The maximum atomic E-state index is 5.87. The average Bonchev–Trinajstić information content (AvgIpc) is 3.08. The Kier molecular flexibility index (Phi) is 3.47. The standard InChI is InChI=1S/C16H17N7/c17-16-20-14-9-18-6-5-13(14)15(21-16)12-3-1-11(2-4-12)10-23-8-7-19-22-23/h1-4,7-8,18H,5-6,9-10H2,(H2,17,20,21). The number of fused-ring (bicyclic) bond motifs is 1. The summed E-state index contributed by atoms with van der Waals surface area (Å²) in [5, 5.41) is 11.1. The van der Waals surface area contributed by atoms with Gasteiger partial charge in [0.1, 0.15) is 0 Å². The van der Waals surface area contributed by atoms with Gasteiger partial charge in [0.2, 0.25) is 5.95 Å². The molecule has 3 heterocycles. The van der Waals surface area contributed by atoms with Crippen LogP contribution < -0.4 is 11.1 Å². The number of nitrogens with zero attached hydrogens (tertiary/aromatic N) is 5. The number of nitrogens with two attached hydrogens (primary N) is 1. The van der Waals surface area contributed by atoms with Crippen LogP contribution in [0.3, 0.4) is 0 Å². The Bertz CT molecular complexity index is 809. The maximum Gasteiger partial charge on any atom is 0.220 e. The van der Waals surface area contributed by atoms with E-state index in [0.717, 1.165) is 42.0 Å². The molecule has 116 valence electrons. The third-order valence-corrected chi connectivity index (χ3v) is 4.00. The van der Waals surface area contributed by atoms with Crippen LogP contribution in [0, 0.1) is 0 Å². The highest BCUT2D eigenvalue weighted by Crippen LogP contribution is 2.27. The highest BCUT2D eigenvalue weighted by molar-refractivity contribution is 5.65. The van der Waals surface area contributed by atoms with E-state index in [1.807, 2.05) is 6.20 Å². The molecule has 1 aromatic carbocycles. The molecule has 7 heteroatoms. The first kappa shape index (κ1) is 13.8. The second-order valence-electron chi connectivity index (χ2n) is 5.58. The van der Waals surface area contributed by atoms with Gasteiger partial charge >= 0.3 is 0 Å². The van der Waals surface area contributed by atoms with E-state index in [2.05, 4.69) is 49.9 Å². The Balaban J connectivity index is 1.67. The summed E-state index contributed by atoms with van der Waals surface area (Å²) in [4.78, 5) is 8.83. The molecule has 0 radical (unpaired) electrons. The molecule has 1 aliphatic rings. The van der Waals surface area contributed by atoms with Gasteiger partial charge in [0.25, 0.3) is 0 Å². The van der Waals surface area contributed by atoms with Gasteiger partial charge in [-0.15, -0.1) is 5.10 Å². The molecular weight excluding hydrogens is 290 g/mol. The molecule has 23 heavy (non-hydrogen) atoms. The quantitative estimate of drug-likeness (QED) is 0.750. The lowest BCUT2D eigenvalue weighted by atomic mass is 9.98. The van der Waals surface area contributed by atoms with Crippen molar-refractivity contribution in [2.75, 3.05) is 12.3 Å². The summed E-state index contributed by atoms with van der Waals surface area (Å²) in [7, 11) is 0. The molecule has 0 fully saturated rings. The van der Waals surface area contributed by atoms with Crippen molar-refractivity contribution in [3.8, 4) is 11.3 Å². The summed E-state index contributed by atoms with van der Waals surface area (Å²) in [5.41, 5.74) is 11.3. The Morgan fingerprint density at radius 1 is 1.17 bits per heavy atom. The molecule has 0 aliphatic carbocycles. The highest BCUT2D eigenvalue weighted by Gasteiger charge is 2.17. The second kappa shape index (κ2) is 5.77. The van der Waals surface area contributed by atoms with Crippen molar-refractivity contribution >= 4 is 5.95 Å². The molecule has 1 aliphatic heterocycles. The van der Waals surface area contributed by atoms with Gasteiger partial charge in [-0.2, -0.15) is 0 Å². The Morgan fingerprint density at radius 3 is 2.83 bits per heavy atom. The number of hydrogen-bond donors (Lipinski definition) is 2. The van der Waals surface area contributed by atoms with Gasteiger partial charge in [0, 0.05) is 23.9 Å². The number of nitrogen functional groups attached to an aromatic ring is 1. The molecule has 7 nitrogen and oxygen atoms in total. The molecule has 0 bridgehead atoms. The van der Waals surface area contributed by atoms with Crippen LogP contribution in [-0.4, -0.2) is 31.5 Å². The Morgan fingerprint density at radius 2 is 2.04 bits per heavy atom. The number of hydrogen-bond acceptors (Lipinski definition) is 6. The molecule has 0 spiro atoms. The molecule has 4 rings (SSSR count). The second-order valence-corrected chi connectivity index (χ2v) is 5.58. The number of aromatic nitrogens is 5. The largest absolute Gasteiger partial charge is 0.368 e. The van der Waals surface area contributed by atoms with Crippen molar-refractivity contribution < 1.29 is 0 Å². The molecule has 3 N–H and O–H groups in total. The lowest BCUT2D eigenvalue weighted by Crippen LogP contribution is -2.26. The molecule has 2 aromatic heterocycles. The molecule has 0 saturated heterocycles. The highest BCUT2D eigenvalue weighted by atomic mass is 15.4. The summed E-state index contributed by atoms with van der Waals surface area (Å²) >= 11 is 0. The Hall–Kier alpha value is -2.80. The van der Waals surface area contributed by atoms with Crippen LogP contribution in [0.2, 0.25) is 0 Å². The minimum absolute atomic E-state index is 0.328. The first-order valence-corrected chi connectivity index (χ1v) is 7.59. The number of anilines is 1. The van der Waals surface area contributed by atoms with E-state index in [9.17, 15) is 0 Å². The summed E-state index contributed by atoms with van der Waals surface area (Å²) in [6.07, 6.45) is 4.45. The van der Waals surface area contributed by atoms with Crippen LogP contribution in [-0.2, 0) is 19.5 Å². The van der Waals surface area contributed by atoms with Crippen LogP contribution in [0.5, 0.6) is 0 Å². The fraction of sp³-hybridized carbons (Fsp3) is 0.250. The fourth-order valence-corrected chi connectivity index (χ4v) is 2.89. The van der Waals surface area contributed by atoms with E-state index >= 15 is 0 Å². The van der Waals surface area contributed by atoms with Crippen molar-refractivity contribution in [3.63, 3.8) is 0 Å². The lowest BCUT2D eigenvalue weighted by molar-refractivity contribution is 0.626. The smallest absolute Gasteiger partial charge is 0.220 e. The fourth-order valence-electron chi connectivity index (χ4n) is 2.89. The number of nitrogens with one attached hydrogen (secondary N) is 1. The van der Waals surface area contributed by atoms with Gasteiger partial charge in [-0.25, -0.2) is 14.6 Å². The van der Waals surface area contributed by atoms with Gasteiger partial charge in [-0.3, -0.25) is 0 Å². The van der Waals surface area contributed by atoms with Gasteiger partial charge in [-0.05, 0) is 18.5 Å². The number of rotatable bonds is 3. The van der Waals surface area contributed by atoms with Crippen molar-refractivity contribution in [2.45, 2.75) is 19.5 Å². The van der Waals surface area contributed by atoms with E-state index in [0.29, 0.717) is 12.5 Å². The van der Waals surface area contributed by atoms with Crippen LogP contribution in [0.4, 0.5) is 5.95 Å². The van der Waals surface area contributed by atoms with Crippen molar-refractivity contribution in [1.29, 1.82) is 0 Å². The van der Waals surface area contributed by atoms with Crippen molar-refractivity contribution in [3.05, 3.63) is 53.5 Å². The predicted octanol–water partition coefficient (Wildman–Crippen LogP) is 1.01. The third-order valence-electron chi connectivity index (χ3n) is 4.00. The molecule has 3 aromatic rings. The first-order chi connectivity index (χ1) is 11.3. The summed E-state index contributed by atoms with van der Waals surface area (Å²) in [6, 6.07) is 8.33. The molecule has 0 unspecified atom stereocenters. The van der Waals surface area contributed by atoms with Gasteiger partial charge in [0.15, 0.2) is 0 Å². The molecule has 0 atom stereocenters. The zero-order valence-corrected chi connectivity index (χ0v) is 12.6. The predicted molar refractivity (Wildman–Crippen MR) is 86.4 cm³/mol. The first-order valence-electron chi connectivity index (χ1n) is 7.59. The zero-order chi connectivity index (χ0) is 15.6. The van der Waals surface area contributed by atoms with Crippen LogP contribution in [0.1, 0.15) is 16.8 Å². The average molecular weight is 307 g/mol. The third kappa shape index (κ3) is 2.78. The monoisotopic (exact) mass is 307 g/mol. The zero-order valence-electron chi connectivity index (χ0n) is 12.6. The maximum absolute atomic E-state index is 5.87. The summed E-state index contributed by atoms with van der Waals surface area (Å²) in [5.74, 6) is 0.328. The Labute approximate surface area is 133 Å². The minimum atomic E-state index is 0.328. The van der Waals surface area contributed by atoms with E-state index in [1.54, 1.807) is 10.9 Å². The van der Waals surface area contributed by atoms with Crippen LogP contribution in [0.15, 0.2) is 36.7 Å². The topological polar surface area (TPSA) is 94.5 Å². The molecule has 0 amide bonds. The van der Waals surface area contributed by atoms with Gasteiger partial charge < -0.3 is 11.1 Å². The normalized spacial score (nSPS) is 13.7. The molecule has 0 saturated carbocycles. The minimum Gasteiger partial charge on any atom is -0.368 e. The van der Waals surface area contributed by atoms with Gasteiger partial charge in [-0.1, -0.05) is 29.5 Å².